The molecule has 0 radical (unpaired) electrons. The van der Waals surface area contributed by atoms with E-state index in [1.807, 2.05) is 12.1 Å². The van der Waals surface area contributed by atoms with Gasteiger partial charge in [-0.15, -0.1) is 0 Å². The van der Waals surface area contributed by atoms with Gasteiger partial charge in [-0.25, -0.2) is 0 Å². The van der Waals surface area contributed by atoms with Gasteiger partial charge in [0.15, 0.2) is 0 Å². The number of benzene rings is 1. The average Bonchev–Trinajstić information content (AvgIpc) is 2.81. The Morgan fingerprint density at radius 3 is 3.00 bits per heavy atom. The number of ether oxygens (including phenoxy) is 3. The van der Waals surface area contributed by atoms with Crippen molar-refractivity contribution in [2.75, 3.05) is 40.5 Å². The van der Waals surface area contributed by atoms with E-state index >= 15 is 0 Å². The molecule has 0 amide bonds. The topological polar surface area (TPSA) is 39.7 Å². The fourth-order valence-electron chi connectivity index (χ4n) is 2.21. The minimum atomic E-state index is 0.104. The highest BCUT2D eigenvalue weighted by Gasteiger charge is 2.23. The molecule has 1 aromatic carbocycles. The summed E-state index contributed by atoms with van der Waals surface area (Å²) in [6, 6.07) is 8.23. The molecule has 1 aliphatic rings. The van der Waals surface area contributed by atoms with Gasteiger partial charge in [-0.3, -0.25) is 0 Å². The van der Waals surface area contributed by atoms with E-state index in [1.54, 1.807) is 14.2 Å². The minimum absolute atomic E-state index is 0.104. The van der Waals surface area contributed by atoms with Crippen LogP contribution in [0, 0.1) is 0 Å². The van der Waals surface area contributed by atoms with E-state index in [0.717, 1.165) is 25.4 Å². The molecule has 4 nitrogen and oxygen atoms in total. The lowest BCUT2D eigenvalue weighted by Gasteiger charge is -2.16. The van der Waals surface area contributed by atoms with Crippen molar-refractivity contribution in [2.45, 2.75) is 12.0 Å². The third-order valence-electron chi connectivity index (χ3n) is 3.25. The molecule has 1 N–H and O–H groups in total. The van der Waals surface area contributed by atoms with E-state index in [9.17, 15) is 0 Å². The molecule has 2 unspecified atom stereocenters. The van der Waals surface area contributed by atoms with Crippen LogP contribution in [0.3, 0.4) is 0 Å². The minimum Gasteiger partial charge on any atom is -0.493 e. The Morgan fingerprint density at radius 1 is 1.39 bits per heavy atom. The predicted molar refractivity (Wildman–Crippen MR) is 70.2 cm³/mol. The van der Waals surface area contributed by atoms with Gasteiger partial charge in [0, 0.05) is 38.8 Å². The number of fused-ring (bicyclic) bond motifs is 1. The molecule has 2 rings (SSSR count). The summed E-state index contributed by atoms with van der Waals surface area (Å²) in [7, 11) is 3.40. The Labute approximate surface area is 108 Å². The average molecular weight is 251 g/mol. The van der Waals surface area contributed by atoms with Crippen molar-refractivity contribution in [3.63, 3.8) is 0 Å². The van der Waals surface area contributed by atoms with Gasteiger partial charge in [-0.05, 0) is 6.07 Å². The predicted octanol–water partition coefficient (Wildman–Crippen LogP) is 1.41. The van der Waals surface area contributed by atoms with Crippen LogP contribution in [0.1, 0.15) is 11.5 Å². The van der Waals surface area contributed by atoms with Gasteiger partial charge >= 0.3 is 0 Å². The SMILES string of the molecule is COCC(CNCC1COc2ccccc21)OC. The highest BCUT2D eigenvalue weighted by atomic mass is 16.5. The number of nitrogens with one attached hydrogen (secondary N) is 1. The largest absolute Gasteiger partial charge is 0.493 e. The molecular formula is C14H21NO3. The van der Waals surface area contributed by atoms with Crippen molar-refractivity contribution < 1.29 is 14.2 Å². The summed E-state index contributed by atoms with van der Waals surface area (Å²) in [5, 5.41) is 3.42. The van der Waals surface area contributed by atoms with Gasteiger partial charge in [0.2, 0.25) is 0 Å². The third kappa shape index (κ3) is 3.22. The van der Waals surface area contributed by atoms with E-state index in [2.05, 4.69) is 17.4 Å². The number of para-hydroxylation sites is 1. The molecule has 0 fully saturated rings. The Kier molecular flexibility index (Phi) is 4.99. The molecule has 2 atom stereocenters. The van der Waals surface area contributed by atoms with Gasteiger partial charge in [0.05, 0.1) is 19.3 Å². The van der Waals surface area contributed by atoms with Gasteiger partial charge < -0.3 is 19.5 Å². The molecular weight excluding hydrogens is 230 g/mol. The van der Waals surface area contributed by atoms with Gasteiger partial charge in [-0.1, -0.05) is 18.2 Å². The summed E-state index contributed by atoms with van der Waals surface area (Å²) >= 11 is 0. The molecule has 1 aromatic rings. The van der Waals surface area contributed by atoms with Gasteiger partial charge in [0.25, 0.3) is 0 Å². The summed E-state index contributed by atoms with van der Waals surface area (Å²) in [4.78, 5) is 0. The lowest BCUT2D eigenvalue weighted by molar-refractivity contribution is 0.0288. The third-order valence-corrected chi connectivity index (χ3v) is 3.25. The summed E-state index contributed by atoms with van der Waals surface area (Å²) < 4.78 is 16.0. The summed E-state index contributed by atoms with van der Waals surface area (Å²) in [5.41, 5.74) is 1.30. The zero-order valence-corrected chi connectivity index (χ0v) is 11.0. The van der Waals surface area contributed by atoms with Crippen molar-refractivity contribution in [1.29, 1.82) is 0 Å². The smallest absolute Gasteiger partial charge is 0.122 e. The Balaban J connectivity index is 1.78. The number of rotatable bonds is 7. The van der Waals surface area contributed by atoms with E-state index in [-0.39, 0.29) is 6.10 Å². The summed E-state index contributed by atoms with van der Waals surface area (Å²) in [6.07, 6.45) is 0.104. The van der Waals surface area contributed by atoms with Gasteiger partial charge in [0.1, 0.15) is 5.75 Å². The fourth-order valence-corrected chi connectivity index (χ4v) is 2.21. The Morgan fingerprint density at radius 2 is 2.22 bits per heavy atom. The molecule has 0 saturated carbocycles. The van der Waals surface area contributed by atoms with E-state index in [0.29, 0.717) is 12.5 Å². The lowest BCUT2D eigenvalue weighted by Crippen LogP contribution is -2.34. The first-order valence-electron chi connectivity index (χ1n) is 6.29. The van der Waals surface area contributed by atoms with Crippen LogP contribution in [0.2, 0.25) is 0 Å². The van der Waals surface area contributed by atoms with Crippen LogP contribution >= 0.6 is 0 Å². The zero-order chi connectivity index (χ0) is 12.8. The van der Waals surface area contributed by atoms with Crippen molar-refractivity contribution in [1.82, 2.24) is 5.32 Å². The second-order valence-corrected chi connectivity index (χ2v) is 4.52. The maximum Gasteiger partial charge on any atom is 0.122 e. The van der Waals surface area contributed by atoms with Crippen LogP contribution < -0.4 is 10.1 Å². The zero-order valence-electron chi connectivity index (χ0n) is 11.0. The molecule has 0 spiro atoms. The molecule has 0 bridgehead atoms. The molecule has 0 saturated heterocycles. The summed E-state index contributed by atoms with van der Waals surface area (Å²) in [6.45, 7) is 3.07. The Hall–Kier alpha value is -1.10. The van der Waals surface area contributed by atoms with Crippen LogP contribution in [-0.4, -0.2) is 46.6 Å². The number of hydrogen-bond donors (Lipinski definition) is 1. The van der Waals surface area contributed by atoms with Crippen molar-refractivity contribution in [2.24, 2.45) is 0 Å². The fraction of sp³-hybridized carbons (Fsp3) is 0.571. The van der Waals surface area contributed by atoms with Crippen molar-refractivity contribution >= 4 is 0 Å². The molecule has 18 heavy (non-hydrogen) atoms. The van der Waals surface area contributed by atoms with Crippen LogP contribution in [-0.2, 0) is 9.47 Å². The quantitative estimate of drug-likeness (QED) is 0.795. The molecule has 0 aliphatic carbocycles. The molecule has 0 aromatic heterocycles. The van der Waals surface area contributed by atoms with Crippen molar-refractivity contribution in [3.8, 4) is 5.75 Å². The van der Waals surface area contributed by atoms with Crippen LogP contribution in [0.15, 0.2) is 24.3 Å². The highest BCUT2D eigenvalue weighted by molar-refractivity contribution is 5.39. The van der Waals surface area contributed by atoms with Crippen LogP contribution in [0.25, 0.3) is 0 Å². The van der Waals surface area contributed by atoms with Crippen LogP contribution in [0.4, 0.5) is 0 Å². The molecule has 1 aliphatic heterocycles. The Bertz CT molecular complexity index is 370. The molecule has 1 heterocycles. The standard InChI is InChI=1S/C14H21NO3/c1-16-10-12(17-2)8-15-7-11-9-18-14-6-4-3-5-13(11)14/h3-6,11-12,15H,7-10H2,1-2H3. The summed E-state index contributed by atoms with van der Waals surface area (Å²) in [5.74, 6) is 1.45. The maximum atomic E-state index is 5.65. The first kappa shape index (κ1) is 13.3. The second-order valence-electron chi connectivity index (χ2n) is 4.52. The first-order chi connectivity index (χ1) is 8.85. The van der Waals surface area contributed by atoms with Gasteiger partial charge in [-0.2, -0.15) is 0 Å². The first-order valence-corrected chi connectivity index (χ1v) is 6.29. The maximum absolute atomic E-state index is 5.65. The second kappa shape index (κ2) is 6.73. The monoisotopic (exact) mass is 251 g/mol. The lowest BCUT2D eigenvalue weighted by atomic mass is 10.0. The molecule has 4 heteroatoms. The van der Waals surface area contributed by atoms with E-state index in [1.165, 1.54) is 5.56 Å². The number of hydrogen-bond acceptors (Lipinski definition) is 4. The van der Waals surface area contributed by atoms with E-state index < -0.39 is 0 Å². The number of methoxy groups -OCH3 is 2. The molecule has 100 valence electrons. The van der Waals surface area contributed by atoms with Crippen LogP contribution in [0.5, 0.6) is 5.75 Å². The van der Waals surface area contributed by atoms with E-state index in [4.69, 9.17) is 14.2 Å². The highest BCUT2D eigenvalue weighted by Crippen LogP contribution is 2.32. The van der Waals surface area contributed by atoms with Crippen molar-refractivity contribution in [3.05, 3.63) is 29.8 Å². The normalized spacial score (nSPS) is 19.3.